The highest BCUT2D eigenvalue weighted by Gasteiger charge is 2.33. The number of carbonyl (C=O) groups is 2. The Morgan fingerprint density at radius 2 is 1.92 bits per heavy atom. The van der Waals surface area contributed by atoms with Crippen LogP contribution in [0.2, 0.25) is 0 Å². The topological polar surface area (TPSA) is 86.8 Å². The van der Waals surface area contributed by atoms with E-state index in [9.17, 15) is 35.9 Å². The molecule has 0 bridgehead atoms. The predicted molar refractivity (Wildman–Crippen MR) is 119 cm³/mol. The molecule has 3 heterocycles. The summed E-state index contributed by atoms with van der Waals surface area (Å²) in [6.07, 6.45) is -3.78. The number of pyridine rings is 1. The molecule has 1 unspecified atom stereocenters. The number of ether oxygens (including phenoxy) is 1. The summed E-state index contributed by atoms with van der Waals surface area (Å²) in [5.41, 5.74) is -0.441. The van der Waals surface area contributed by atoms with Gasteiger partial charge in [0.05, 0.1) is 12.6 Å². The molecular weight excluding hydrogens is 508 g/mol. The first kappa shape index (κ1) is 26.3. The maximum absolute atomic E-state index is 14.8. The Kier molecular flexibility index (Phi) is 7.30. The third kappa shape index (κ3) is 5.79. The number of anilines is 3. The van der Waals surface area contributed by atoms with Crippen LogP contribution in [0, 0.1) is 17.5 Å². The van der Waals surface area contributed by atoms with Gasteiger partial charge >= 0.3 is 12.4 Å². The number of alkyl halides is 3. The molecular formula is C23H21F6N5O3. The Morgan fingerprint density at radius 1 is 1.22 bits per heavy atom. The van der Waals surface area contributed by atoms with E-state index in [2.05, 4.69) is 20.4 Å². The molecule has 0 aliphatic carbocycles. The van der Waals surface area contributed by atoms with Gasteiger partial charge in [0.2, 0.25) is 5.91 Å². The second-order valence-electron chi connectivity index (χ2n) is 8.29. The molecule has 198 valence electrons. The molecule has 1 atom stereocenters. The molecule has 1 saturated heterocycles. The maximum atomic E-state index is 14.8. The Morgan fingerprint density at radius 3 is 2.51 bits per heavy atom. The van der Waals surface area contributed by atoms with Crippen molar-refractivity contribution in [2.45, 2.75) is 32.2 Å². The zero-order valence-corrected chi connectivity index (χ0v) is 19.3. The highest BCUT2D eigenvalue weighted by Crippen LogP contribution is 2.38. The monoisotopic (exact) mass is 529 g/mol. The summed E-state index contributed by atoms with van der Waals surface area (Å²) in [6, 6.07) is 2.50. The Labute approximate surface area is 206 Å². The van der Waals surface area contributed by atoms with Crippen molar-refractivity contribution in [1.82, 2.24) is 15.6 Å². The van der Waals surface area contributed by atoms with Crippen LogP contribution in [0.15, 0.2) is 36.0 Å². The van der Waals surface area contributed by atoms with Crippen LogP contribution in [0.5, 0.6) is 0 Å². The van der Waals surface area contributed by atoms with Crippen LogP contribution in [-0.2, 0) is 16.0 Å². The van der Waals surface area contributed by atoms with E-state index < -0.39 is 54.1 Å². The van der Waals surface area contributed by atoms with E-state index >= 15 is 0 Å². The molecule has 1 fully saturated rings. The van der Waals surface area contributed by atoms with Crippen molar-refractivity contribution in [2.75, 3.05) is 29.5 Å². The van der Waals surface area contributed by atoms with Gasteiger partial charge in [0.1, 0.15) is 23.1 Å². The van der Waals surface area contributed by atoms with Crippen LogP contribution < -0.4 is 20.4 Å². The molecule has 4 rings (SSSR count). The highest BCUT2D eigenvalue weighted by molar-refractivity contribution is 5.97. The van der Waals surface area contributed by atoms with E-state index in [-0.39, 0.29) is 30.1 Å². The molecule has 3 amide bonds. The smallest absolute Gasteiger partial charge is 0.347 e. The first-order chi connectivity index (χ1) is 17.5. The fourth-order valence-corrected chi connectivity index (χ4v) is 3.93. The van der Waals surface area contributed by atoms with Gasteiger partial charge in [0, 0.05) is 49.0 Å². The number of hydrogen-bond donors (Lipinski definition) is 2. The molecule has 2 aromatic rings. The van der Waals surface area contributed by atoms with Gasteiger partial charge in [-0.2, -0.15) is 0 Å². The second-order valence-corrected chi connectivity index (χ2v) is 8.29. The number of carbonyl (C=O) groups excluding carboxylic acids is 2. The lowest BCUT2D eigenvalue weighted by Gasteiger charge is -2.30. The van der Waals surface area contributed by atoms with E-state index in [1.54, 1.807) is 6.92 Å². The van der Waals surface area contributed by atoms with Gasteiger partial charge in [-0.05, 0) is 12.5 Å². The Balaban J connectivity index is 1.71. The summed E-state index contributed by atoms with van der Waals surface area (Å²) in [5, 5.41) is 5.03. The highest BCUT2D eigenvalue weighted by atomic mass is 19.4. The molecule has 0 saturated carbocycles. The summed E-state index contributed by atoms with van der Waals surface area (Å²) in [4.78, 5) is 31.6. The number of amides is 3. The molecule has 2 aliphatic rings. The molecule has 2 N–H and O–H groups in total. The maximum Gasteiger partial charge on any atom is 0.522 e. The first-order valence-electron chi connectivity index (χ1n) is 11.2. The molecule has 2 aliphatic heterocycles. The lowest BCUT2D eigenvalue weighted by atomic mass is 10.0. The number of rotatable bonds is 7. The van der Waals surface area contributed by atoms with E-state index in [1.807, 2.05) is 0 Å². The van der Waals surface area contributed by atoms with E-state index in [4.69, 9.17) is 0 Å². The van der Waals surface area contributed by atoms with Crippen LogP contribution in [0.25, 0.3) is 0 Å². The van der Waals surface area contributed by atoms with Crippen LogP contribution in [0.3, 0.4) is 0 Å². The normalized spacial score (nSPS) is 16.3. The van der Waals surface area contributed by atoms with Crippen molar-refractivity contribution in [3.05, 3.63) is 59.1 Å². The van der Waals surface area contributed by atoms with Gasteiger partial charge < -0.3 is 10.6 Å². The number of nitrogens with zero attached hydrogens (tertiary/aromatic N) is 3. The van der Waals surface area contributed by atoms with Crippen molar-refractivity contribution in [2.24, 2.45) is 0 Å². The summed E-state index contributed by atoms with van der Waals surface area (Å²) in [6.45, 7) is 1.38. The quantitative estimate of drug-likeness (QED) is 0.529. The van der Waals surface area contributed by atoms with Gasteiger partial charge in [-0.1, -0.05) is 13.0 Å². The van der Waals surface area contributed by atoms with Gasteiger partial charge in [0.15, 0.2) is 11.6 Å². The average Bonchev–Trinajstić information content (AvgIpc) is 3.25. The summed E-state index contributed by atoms with van der Waals surface area (Å²) >= 11 is 0. The number of hydrogen-bond acceptors (Lipinski definition) is 5. The van der Waals surface area contributed by atoms with Gasteiger partial charge in [-0.25, -0.2) is 22.9 Å². The minimum atomic E-state index is -4.88. The van der Waals surface area contributed by atoms with Crippen LogP contribution in [0.1, 0.15) is 18.9 Å². The van der Waals surface area contributed by atoms with Crippen molar-refractivity contribution < 1.29 is 40.7 Å². The number of aromatic nitrogens is 1. The number of fused-ring (bicyclic) bond motifs is 1. The largest absolute Gasteiger partial charge is 0.522 e. The molecule has 1 aromatic heterocycles. The second kappa shape index (κ2) is 10.3. The average molecular weight is 529 g/mol. The molecule has 14 heteroatoms. The van der Waals surface area contributed by atoms with Crippen LogP contribution in [-0.4, -0.2) is 49.0 Å². The predicted octanol–water partition coefficient (Wildman–Crippen LogP) is 4.04. The summed E-state index contributed by atoms with van der Waals surface area (Å²) in [7, 11) is 0. The summed E-state index contributed by atoms with van der Waals surface area (Å²) < 4.78 is 84.3. The minimum Gasteiger partial charge on any atom is -0.347 e. The standard InChI is InChI=1S/C23H21F6N5O3/c1-2-15(11-37-23(27,28)29)31-21(35)13-7-12-3-4-18(33-6-5-30-22(33)36)32-20(12)34(10-13)19-16(25)8-14(24)9-17(19)26/h3-4,8-10,15H,2,5-7,11H2,1H3,(H,30,36)(H,31,35). The molecule has 1 aromatic carbocycles. The number of benzene rings is 1. The van der Waals surface area contributed by atoms with Gasteiger partial charge in [0.25, 0.3) is 0 Å². The zero-order chi connectivity index (χ0) is 26.9. The van der Waals surface area contributed by atoms with E-state index in [0.717, 1.165) is 11.1 Å². The molecule has 8 nitrogen and oxygen atoms in total. The van der Waals surface area contributed by atoms with Crippen molar-refractivity contribution in [1.29, 1.82) is 0 Å². The first-order valence-corrected chi connectivity index (χ1v) is 11.2. The van der Waals surface area contributed by atoms with Gasteiger partial charge in [-0.3, -0.25) is 19.3 Å². The minimum absolute atomic E-state index is 0.00870. The van der Waals surface area contributed by atoms with E-state index in [0.29, 0.717) is 30.8 Å². The molecule has 0 spiro atoms. The summed E-state index contributed by atoms with van der Waals surface area (Å²) in [5.74, 6) is -4.35. The third-order valence-electron chi connectivity index (χ3n) is 5.76. The van der Waals surface area contributed by atoms with Crippen LogP contribution in [0.4, 0.5) is 48.5 Å². The van der Waals surface area contributed by atoms with Gasteiger partial charge in [-0.15, -0.1) is 13.2 Å². The lowest BCUT2D eigenvalue weighted by Crippen LogP contribution is -2.41. The number of nitrogens with one attached hydrogen (secondary N) is 2. The van der Waals surface area contributed by atoms with Crippen molar-refractivity contribution >= 4 is 29.3 Å². The SMILES string of the molecule is CCC(COC(F)(F)F)NC(=O)C1=CN(c2c(F)cc(F)cc2F)c2nc(N3CCNC3=O)ccc2C1. The Bertz CT molecular complexity index is 1230. The third-order valence-corrected chi connectivity index (χ3v) is 5.76. The fraction of sp³-hybridized carbons (Fsp3) is 0.348. The Hall–Kier alpha value is -3.81. The van der Waals surface area contributed by atoms with Crippen molar-refractivity contribution in [3.63, 3.8) is 0 Å². The van der Waals surface area contributed by atoms with Crippen molar-refractivity contribution in [3.8, 4) is 0 Å². The number of halogens is 6. The molecule has 37 heavy (non-hydrogen) atoms. The van der Waals surface area contributed by atoms with Crippen LogP contribution >= 0.6 is 0 Å². The zero-order valence-electron chi connectivity index (χ0n) is 19.3. The molecule has 0 radical (unpaired) electrons. The van der Waals surface area contributed by atoms with E-state index in [1.165, 1.54) is 17.0 Å². The number of urea groups is 1. The fourth-order valence-electron chi connectivity index (χ4n) is 3.93. The lowest BCUT2D eigenvalue weighted by molar-refractivity contribution is -0.326.